The molecule has 0 spiro atoms. The summed E-state index contributed by atoms with van der Waals surface area (Å²) in [6, 6.07) is 8.79. The van der Waals surface area contributed by atoms with E-state index in [9.17, 15) is 9.59 Å². The van der Waals surface area contributed by atoms with E-state index in [0.717, 1.165) is 29.8 Å². The van der Waals surface area contributed by atoms with E-state index in [2.05, 4.69) is 18.7 Å². The minimum absolute atomic E-state index is 0.132. The van der Waals surface area contributed by atoms with Gasteiger partial charge in [-0.25, -0.2) is 0 Å². The van der Waals surface area contributed by atoms with Crippen molar-refractivity contribution in [3.8, 4) is 11.5 Å². The Hall–Kier alpha value is -3.32. The third-order valence-corrected chi connectivity index (χ3v) is 7.02. The van der Waals surface area contributed by atoms with Crippen molar-refractivity contribution in [2.75, 3.05) is 39.4 Å². The van der Waals surface area contributed by atoms with Crippen LogP contribution in [0.15, 0.2) is 39.5 Å². The molecule has 1 unspecified atom stereocenters. The molecule has 0 aliphatic carbocycles. The van der Waals surface area contributed by atoms with Crippen molar-refractivity contribution in [2.45, 2.75) is 47.6 Å². The molecule has 0 N–H and O–H groups in total. The molecule has 0 radical (unpaired) electrons. The summed E-state index contributed by atoms with van der Waals surface area (Å²) in [5.41, 5.74) is 3.49. The largest absolute Gasteiger partial charge is 0.490 e. The summed E-state index contributed by atoms with van der Waals surface area (Å²) < 4.78 is 17.8. The molecule has 1 aromatic heterocycles. The van der Waals surface area contributed by atoms with Gasteiger partial charge < -0.3 is 23.7 Å². The molecule has 4 rings (SSSR count). The van der Waals surface area contributed by atoms with Gasteiger partial charge in [0.15, 0.2) is 16.9 Å². The molecule has 0 fully saturated rings. The maximum Gasteiger partial charge on any atom is 0.290 e. The lowest BCUT2D eigenvalue weighted by molar-refractivity contribution is 0.0708. The van der Waals surface area contributed by atoms with Crippen LogP contribution in [0.3, 0.4) is 0 Å². The normalized spacial score (nSPS) is 15.1. The Morgan fingerprint density at radius 3 is 2.25 bits per heavy atom. The first-order valence-corrected chi connectivity index (χ1v) is 12.8. The number of fused-ring (bicyclic) bond motifs is 2. The summed E-state index contributed by atoms with van der Waals surface area (Å²) in [6.07, 6.45) is 0. The summed E-state index contributed by atoms with van der Waals surface area (Å²) in [5, 5.41) is 0.496. The average Bonchev–Trinajstić information content (AvgIpc) is 3.14. The zero-order valence-corrected chi connectivity index (χ0v) is 22.1. The molecular weight excluding hydrogens is 456 g/mol. The predicted octanol–water partition coefficient (Wildman–Crippen LogP) is 5.09. The summed E-state index contributed by atoms with van der Waals surface area (Å²) in [5.74, 6) is 1.11. The quantitative estimate of drug-likeness (QED) is 0.392. The number of amides is 1. The number of aryl methyl sites for hydroxylation is 2. The van der Waals surface area contributed by atoms with Crippen LogP contribution < -0.4 is 14.9 Å². The number of benzene rings is 2. The van der Waals surface area contributed by atoms with E-state index in [0.29, 0.717) is 54.3 Å². The van der Waals surface area contributed by atoms with Crippen LogP contribution in [-0.2, 0) is 0 Å². The highest BCUT2D eigenvalue weighted by Crippen LogP contribution is 2.41. The van der Waals surface area contributed by atoms with Gasteiger partial charge in [-0.2, -0.15) is 0 Å². The van der Waals surface area contributed by atoms with Crippen LogP contribution in [0, 0.1) is 13.8 Å². The van der Waals surface area contributed by atoms with E-state index in [4.69, 9.17) is 13.9 Å². The Morgan fingerprint density at radius 1 is 0.917 bits per heavy atom. The third kappa shape index (κ3) is 4.60. The topological polar surface area (TPSA) is 72.2 Å². The zero-order valence-electron chi connectivity index (χ0n) is 22.1. The maximum absolute atomic E-state index is 13.9. The highest BCUT2D eigenvalue weighted by Gasteiger charge is 2.43. The van der Waals surface area contributed by atoms with E-state index in [1.165, 1.54) is 0 Å². The second-order valence-corrected chi connectivity index (χ2v) is 9.11. The number of hydrogen-bond donors (Lipinski definition) is 0. The molecule has 192 valence electrons. The van der Waals surface area contributed by atoms with Crippen LogP contribution in [0.2, 0.25) is 0 Å². The first-order chi connectivity index (χ1) is 17.3. The number of rotatable bonds is 10. The molecule has 0 saturated carbocycles. The van der Waals surface area contributed by atoms with Gasteiger partial charge in [-0.1, -0.05) is 19.9 Å². The zero-order chi connectivity index (χ0) is 26.0. The lowest BCUT2D eigenvalue weighted by Crippen LogP contribution is -2.37. The van der Waals surface area contributed by atoms with Crippen molar-refractivity contribution in [1.29, 1.82) is 0 Å². The predicted molar refractivity (Wildman–Crippen MR) is 141 cm³/mol. The number of carbonyl (C=O) groups is 1. The van der Waals surface area contributed by atoms with Crippen LogP contribution >= 0.6 is 0 Å². The molecule has 1 aliphatic rings. The molecule has 3 aromatic rings. The maximum atomic E-state index is 13.9. The van der Waals surface area contributed by atoms with Crippen molar-refractivity contribution in [2.24, 2.45) is 0 Å². The Morgan fingerprint density at radius 2 is 1.58 bits per heavy atom. The summed E-state index contributed by atoms with van der Waals surface area (Å²) in [4.78, 5) is 31.6. The van der Waals surface area contributed by atoms with Crippen LogP contribution in [0.5, 0.6) is 11.5 Å². The van der Waals surface area contributed by atoms with Gasteiger partial charge >= 0.3 is 0 Å². The highest BCUT2D eigenvalue weighted by atomic mass is 16.5. The van der Waals surface area contributed by atoms with Crippen molar-refractivity contribution < 1.29 is 18.7 Å². The second-order valence-electron chi connectivity index (χ2n) is 9.11. The first-order valence-electron chi connectivity index (χ1n) is 12.8. The van der Waals surface area contributed by atoms with Gasteiger partial charge in [-0.15, -0.1) is 0 Å². The van der Waals surface area contributed by atoms with Gasteiger partial charge in [0.1, 0.15) is 5.58 Å². The Bertz CT molecular complexity index is 1330. The molecule has 1 aliphatic heterocycles. The van der Waals surface area contributed by atoms with Gasteiger partial charge in [-0.3, -0.25) is 9.59 Å². The van der Waals surface area contributed by atoms with Gasteiger partial charge in [0.05, 0.1) is 30.2 Å². The van der Waals surface area contributed by atoms with Gasteiger partial charge in [0, 0.05) is 13.1 Å². The Kier molecular flexibility index (Phi) is 7.69. The molecule has 1 amide bonds. The highest BCUT2D eigenvalue weighted by molar-refractivity contribution is 5.99. The van der Waals surface area contributed by atoms with Crippen molar-refractivity contribution in [1.82, 2.24) is 9.80 Å². The summed E-state index contributed by atoms with van der Waals surface area (Å²) >= 11 is 0. The molecular formula is C29H36N2O5. The van der Waals surface area contributed by atoms with Crippen LogP contribution in [0.1, 0.15) is 66.5 Å². The summed E-state index contributed by atoms with van der Waals surface area (Å²) in [7, 11) is 0. The molecule has 36 heavy (non-hydrogen) atoms. The van der Waals surface area contributed by atoms with Crippen molar-refractivity contribution >= 4 is 16.9 Å². The number of likely N-dealkylation sites (N-methyl/N-ethyl adjacent to an activating group) is 1. The molecule has 1 atom stereocenters. The van der Waals surface area contributed by atoms with Crippen molar-refractivity contribution in [3.05, 3.63) is 68.6 Å². The van der Waals surface area contributed by atoms with E-state index >= 15 is 0 Å². The van der Waals surface area contributed by atoms with E-state index in [-0.39, 0.29) is 17.1 Å². The fourth-order valence-electron chi connectivity index (χ4n) is 4.88. The van der Waals surface area contributed by atoms with Crippen LogP contribution in [0.25, 0.3) is 11.0 Å². The Balaban J connectivity index is 1.90. The molecule has 7 nitrogen and oxygen atoms in total. The van der Waals surface area contributed by atoms with Gasteiger partial charge in [0.25, 0.3) is 5.91 Å². The minimum Gasteiger partial charge on any atom is -0.490 e. The molecule has 2 heterocycles. The van der Waals surface area contributed by atoms with Gasteiger partial charge in [-0.05, 0) is 81.7 Å². The first kappa shape index (κ1) is 25.8. The van der Waals surface area contributed by atoms with Crippen molar-refractivity contribution in [3.63, 3.8) is 0 Å². The number of ether oxygens (including phenoxy) is 2. The standard InChI is InChI=1S/C29H36N2O5/c1-7-30(8-2)13-14-31-26(20-11-12-22(34-9-3)24(17-20)35-10-4)25-27(32)21-15-18(5)19(6)16-23(21)36-28(25)29(31)33/h11-12,15-17,26H,7-10,13-14H2,1-6H3. The summed E-state index contributed by atoms with van der Waals surface area (Å²) in [6.45, 7) is 15.9. The van der Waals surface area contributed by atoms with Gasteiger partial charge in [0.2, 0.25) is 5.76 Å². The fraction of sp³-hybridized carbons (Fsp3) is 0.448. The van der Waals surface area contributed by atoms with Crippen LogP contribution in [-0.4, -0.2) is 55.1 Å². The van der Waals surface area contributed by atoms with E-state index < -0.39 is 6.04 Å². The molecule has 7 heteroatoms. The lowest BCUT2D eigenvalue weighted by atomic mass is 9.97. The number of nitrogens with zero attached hydrogens (tertiary/aromatic N) is 2. The number of hydrogen-bond acceptors (Lipinski definition) is 6. The van der Waals surface area contributed by atoms with E-state index in [1.54, 1.807) is 4.90 Å². The Labute approximate surface area is 212 Å². The number of carbonyl (C=O) groups excluding carboxylic acids is 1. The molecule has 2 aromatic carbocycles. The lowest BCUT2D eigenvalue weighted by Gasteiger charge is -2.28. The smallest absolute Gasteiger partial charge is 0.290 e. The fourth-order valence-corrected chi connectivity index (χ4v) is 4.88. The average molecular weight is 493 g/mol. The minimum atomic E-state index is -0.569. The molecule has 0 saturated heterocycles. The monoisotopic (exact) mass is 492 g/mol. The third-order valence-electron chi connectivity index (χ3n) is 7.02. The SMILES string of the molecule is CCOc1ccc(C2c3c(oc4cc(C)c(C)cc4c3=O)C(=O)N2CCN(CC)CC)cc1OCC. The van der Waals surface area contributed by atoms with E-state index in [1.807, 2.05) is 58.0 Å². The van der Waals surface area contributed by atoms with Crippen LogP contribution in [0.4, 0.5) is 0 Å². The second kappa shape index (κ2) is 10.7. The molecule has 0 bridgehead atoms.